The lowest BCUT2D eigenvalue weighted by Crippen LogP contribution is -2.68. The van der Waals surface area contributed by atoms with Crippen molar-refractivity contribution >= 4 is 31.5 Å². The molecule has 0 saturated heterocycles. The molecule has 7 aromatic rings. The molecule has 0 fully saturated rings. The van der Waals surface area contributed by atoms with Crippen molar-refractivity contribution in [3.8, 4) is 33.6 Å². The summed E-state index contributed by atoms with van der Waals surface area (Å²) in [4.78, 5) is 0. The molecule has 2 unspecified atom stereocenters. The standard InChI is InChI=1S/C49H52N2S/c1-6-9-11-22-36-31-45-39-24-14-16-25-43(39)49(8-3,48(4,7-2)51(45)34-42(36)35-20-12-10-13-21-35)29-28-37-32-47-41(38-23-15-17-27-46(38)52-47)33-40(37)44-26-18-19-30-50(44)5/h10,12-21,23-27,30-34H,6-9,11,22,28-29H2,1-5H3/q+2. The third-order valence-electron chi connectivity index (χ3n) is 12.6. The molecule has 0 spiro atoms. The number of hydrogen-bond acceptors (Lipinski definition) is 1. The van der Waals surface area contributed by atoms with Crippen molar-refractivity contribution in [1.82, 2.24) is 0 Å². The van der Waals surface area contributed by atoms with E-state index in [-0.39, 0.29) is 11.0 Å². The van der Waals surface area contributed by atoms with Crippen LogP contribution in [-0.2, 0) is 30.8 Å². The van der Waals surface area contributed by atoms with Crippen LogP contribution in [0.5, 0.6) is 0 Å². The van der Waals surface area contributed by atoms with Crippen LogP contribution in [0.3, 0.4) is 0 Å². The maximum atomic E-state index is 2.72. The van der Waals surface area contributed by atoms with Gasteiger partial charge in [-0.2, -0.15) is 4.57 Å². The summed E-state index contributed by atoms with van der Waals surface area (Å²) < 4.78 is 7.75. The van der Waals surface area contributed by atoms with Crippen molar-refractivity contribution < 1.29 is 9.13 Å². The molecular formula is C49H52N2S+2. The Bertz CT molecular complexity index is 2390. The lowest BCUT2D eigenvalue weighted by Gasteiger charge is -2.48. The van der Waals surface area contributed by atoms with Gasteiger partial charge in [0.15, 0.2) is 17.9 Å². The fourth-order valence-corrected chi connectivity index (χ4v) is 10.7. The van der Waals surface area contributed by atoms with Crippen LogP contribution in [0.2, 0.25) is 0 Å². The van der Waals surface area contributed by atoms with Gasteiger partial charge in [0.25, 0.3) is 0 Å². The topological polar surface area (TPSA) is 7.76 Å². The minimum Gasteiger partial charge on any atom is -0.201 e. The van der Waals surface area contributed by atoms with Gasteiger partial charge in [-0.15, -0.1) is 11.3 Å². The van der Waals surface area contributed by atoms with E-state index < -0.39 is 0 Å². The van der Waals surface area contributed by atoms with Crippen LogP contribution < -0.4 is 9.13 Å². The number of hydrogen-bond donors (Lipinski definition) is 0. The zero-order chi connectivity index (χ0) is 35.9. The molecule has 262 valence electrons. The molecule has 3 heteroatoms. The van der Waals surface area contributed by atoms with Gasteiger partial charge >= 0.3 is 0 Å². The van der Waals surface area contributed by atoms with Gasteiger partial charge < -0.3 is 0 Å². The van der Waals surface area contributed by atoms with Crippen molar-refractivity contribution in [3.05, 3.63) is 144 Å². The number of aryl methyl sites for hydroxylation is 3. The van der Waals surface area contributed by atoms with E-state index in [1.807, 2.05) is 11.3 Å². The van der Waals surface area contributed by atoms with E-state index in [0.29, 0.717) is 0 Å². The third kappa shape index (κ3) is 5.60. The van der Waals surface area contributed by atoms with E-state index in [1.165, 1.54) is 89.8 Å². The minimum absolute atomic E-state index is 0.0705. The second kappa shape index (κ2) is 14.1. The van der Waals surface area contributed by atoms with E-state index in [2.05, 4.69) is 172 Å². The van der Waals surface area contributed by atoms with Gasteiger partial charge in [0.05, 0.1) is 16.5 Å². The Morgan fingerprint density at radius 1 is 0.615 bits per heavy atom. The Labute approximate surface area is 314 Å². The number of aromatic nitrogens is 2. The summed E-state index contributed by atoms with van der Waals surface area (Å²) in [5, 5.41) is 2.72. The Morgan fingerprint density at radius 3 is 2.15 bits per heavy atom. The van der Waals surface area contributed by atoms with E-state index >= 15 is 0 Å². The molecule has 0 bridgehead atoms. The first-order valence-electron chi connectivity index (χ1n) is 19.6. The highest BCUT2D eigenvalue weighted by atomic mass is 32.1. The molecule has 2 nitrogen and oxygen atoms in total. The van der Waals surface area contributed by atoms with Crippen molar-refractivity contribution in [3.63, 3.8) is 0 Å². The fourth-order valence-electron chi connectivity index (χ4n) is 9.57. The Morgan fingerprint density at radius 2 is 1.37 bits per heavy atom. The monoisotopic (exact) mass is 700 g/mol. The third-order valence-corrected chi connectivity index (χ3v) is 13.8. The van der Waals surface area contributed by atoms with Crippen LogP contribution in [0.25, 0.3) is 53.8 Å². The first kappa shape index (κ1) is 34.5. The summed E-state index contributed by atoms with van der Waals surface area (Å²) in [5.41, 5.74) is 12.3. The predicted octanol–water partition coefficient (Wildman–Crippen LogP) is 12.3. The highest BCUT2D eigenvalue weighted by Gasteiger charge is 2.58. The zero-order valence-corrected chi connectivity index (χ0v) is 32.4. The molecular weight excluding hydrogens is 649 g/mol. The van der Waals surface area contributed by atoms with Gasteiger partial charge in [0.2, 0.25) is 11.4 Å². The summed E-state index contributed by atoms with van der Waals surface area (Å²) in [6.45, 7) is 9.73. The van der Waals surface area contributed by atoms with E-state index in [9.17, 15) is 0 Å². The molecule has 0 radical (unpaired) electrons. The van der Waals surface area contributed by atoms with Crippen molar-refractivity contribution in [2.45, 2.75) is 90.0 Å². The van der Waals surface area contributed by atoms with E-state index in [0.717, 1.165) is 32.1 Å². The summed E-state index contributed by atoms with van der Waals surface area (Å²) in [6, 6.07) is 43.6. The van der Waals surface area contributed by atoms with Crippen LogP contribution >= 0.6 is 11.3 Å². The van der Waals surface area contributed by atoms with Crippen molar-refractivity contribution in [2.24, 2.45) is 7.05 Å². The highest BCUT2D eigenvalue weighted by molar-refractivity contribution is 7.25. The number of nitrogens with zero attached hydrogens (tertiary/aromatic N) is 2. The summed E-state index contributed by atoms with van der Waals surface area (Å²) in [7, 11) is 2.18. The summed E-state index contributed by atoms with van der Waals surface area (Å²) in [6.07, 6.45) is 13.7. The van der Waals surface area contributed by atoms with Gasteiger partial charge in [-0.3, -0.25) is 0 Å². The maximum Gasteiger partial charge on any atom is 0.213 e. The zero-order valence-electron chi connectivity index (χ0n) is 31.6. The van der Waals surface area contributed by atoms with Gasteiger partial charge in [-0.25, -0.2) is 4.57 Å². The molecule has 0 N–H and O–H groups in total. The fraction of sp³-hybridized carbons (Fsp3) is 0.306. The smallest absolute Gasteiger partial charge is 0.201 e. The molecule has 3 aromatic heterocycles. The number of unbranched alkanes of at least 4 members (excludes halogenated alkanes) is 2. The molecule has 4 aromatic carbocycles. The van der Waals surface area contributed by atoms with Crippen LogP contribution in [0.4, 0.5) is 0 Å². The molecule has 1 aliphatic rings. The number of benzene rings is 4. The first-order chi connectivity index (χ1) is 25.4. The number of fused-ring (bicyclic) bond motifs is 6. The second-order valence-electron chi connectivity index (χ2n) is 15.2. The van der Waals surface area contributed by atoms with E-state index in [1.54, 1.807) is 0 Å². The number of thiophene rings is 1. The molecule has 2 atom stereocenters. The van der Waals surface area contributed by atoms with Crippen LogP contribution in [-0.4, -0.2) is 0 Å². The molecule has 1 aliphatic heterocycles. The highest BCUT2D eigenvalue weighted by Crippen LogP contribution is 2.53. The Kier molecular flexibility index (Phi) is 9.34. The van der Waals surface area contributed by atoms with Gasteiger partial charge in [0.1, 0.15) is 7.05 Å². The lowest BCUT2D eigenvalue weighted by atomic mass is 9.57. The molecule has 4 heterocycles. The molecule has 0 saturated carbocycles. The second-order valence-corrected chi connectivity index (χ2v) is 16.3. The SMILES string of the molecule is CCCCCc1cc2[n+](cc1-c1ccccc1)C(C)(CC)C(CC)(CCc1cc3sc4ccccc4c3cc1-c1cccc[n+]1C)c1ccccc1-2. The molecule has 8 rings (SSSR count). The van der Waals surface area contributed by atoms with Gasteiger partial charge in [0, 0.05) is 57.3 Å². The summed E-state index contributed by atoms with van der Waals surface area (Å²) in [5.74, 6) is 0. The van der Waals surface area contributed by atoms with Gasteiger partial charge in [-0.05, 0) is 84.7 Å². The van der Waals surface area contributed by atoms with Gasteiger partial charge in [-0.1, -0.05) is 100 Å². The summed E-state index contributed by atoms with van der Waals surface area (Å²) >= 11 is 1.93. The molecule has 52 heavy (non-hydrogen) atoms. The van der Waals surface area contributed by atoms with Crippen molar-refractivity contribution in [2.75, 3.05) is 0 Å². The maximum absolute atomic E-state index is 2.72. The Balaban J connectivity index is 1.30. The average molecular weight is 701 g/mol. The van der Waals surface area contributed by atoms with Crippen LogP contribution in [0.1, 0.15) is 82.9 Å². The Hall–Kier alpha value is -4.60. The largest absolute Gasteiger partial charge is 0.213 e. The quantitative estimate of drug-likeness (QED) is 0.0937. The van der Waals surface area contributed by atoms with Crippen LogP contribution in [0, 0.1) is 0 Å². The average Bonchev–Trinajstić information content (AvgIpc) is 3.55. The first-order valence-corrected chi connectivity index (χ1v) is 20.4. The van der Waals surface area contributed by atoms with E-state index in [4.69, 9.17) is 0 Å². The van der Waals surface area contributed by atoms with Crippen molar-refractivity contribution in [1.29, 1.82) is 0 Å². The minimum atomic E-state index is -0.129. The number of rotatable bonds is 11. The lowest BCUT2D eigenvalue weighted by molar-refractivity contribution is -0.765. The predicted molar refractivity (Wildman–Crippen MR) is 221 cm³/mol. The van der Waals surface area contributed by atoms with Crippen LogP contribution in [0.15, 0.2) is 128 Å². The normalized spacial score (nSPS) is 18.1. The molecule has 0 aliphatic carbocycles. The number of pyridine rings is 2. The molecule has 0 amide bonds.